The Kier molecular flexibility index (Phi) is 5.02. The van der Waals surface area contributed by atoms with Gasteiger partial charge in [-0.3, -0.25) is 4.79 Å². The number of carbonyl (C=O) groups is 1. The average molecular weight is 348 g/mol. The van der Waals surface area contributed by atoms with Crippen molar-refractivity contribution in [3.05, 3.63) is 65.7 Å². The quantitative estimate of drug-likeness (QED) is 0.836. The van der Waals surface area contributed by atoms with Crippen molar-refractivity contribution in [3.63, 3.8) is 0 Å². The molecule has 110 valence electrons. The van der Waals surface area contributed by atoms with Crippen molar-refractivity contribution in [1.29, 1.82) is 0 Å². The molecule has 2 rings (SSSR count). The molecule has 4 heteroatoms. The molecule has 2 aromatic rings. The molecule has 0 aliphatic rings. The smallest absolute Gasteiger partial charge is 0.251 e. The van der Waals surface area contributed by atoms with E-state index in [1.54, 1.807) is 31.4 Å². The lowest BCUT2D eigenvalue weighted by atomic mass is 9.94. The summed E-state index contributed by atoms with van der Waals surface area (Å²) in [4.78, 5) is 12.4. The number of halogens is 1. The van der Waals surface area contributed by atoms with Crippen LogP contribution in [0, 0.1) is 0 Å². The first kappa shape index (κ1) is 15.6. The first-order chi connectivity index (χ1) is 10.1. The molecule has 0 saturated carbocycles. The highest BCUT2D eigenvalue weighted by atomic mass is 79.9. The zero-order valence-electron chi connectivity index (χ0n) is 12.1. The van der Waals surface area contributed by atoms with E-state index >= 15 is 0 Å². The number of benzene rings is 2. The lowest BCUT2D eigenvalue weighted by Gasteiger charge is -2.29. The monoisotopic (exact) mass is 347 g/mol. The van der Waals surface area contributed by atoms with Crippen LogP contribution in [0.3, 0.4) is 0 Å². The Morgan fingerprint density at radius 1 is 1.14 bits per heavy atom. The van der Waals surface area contributed by atoms with E-state index in [4.69, 9.17) is 4.74 Å². The molecule has 0 saturated heterocycles. The van der Waals surface area contributed by atoms with Crippen molar-refractivity contribution in [2.24, 2.45) is 0 Å². The molecule has 1 amide bonds. The van der Waals surface area contributed by atoms with Crippen LogP contribution in [0.2, 0.25) is 0 Å². The second kappa shape index (κ2) is 6.76. The molecule has 0 fully saturated rings. The summed E-state index contributed by atoms with van der Waals surface area (Å²) in [7, 11) is 1.60. The fourth-order valence-electron chi connectivity index (χ4n) is 2.05. The van der Waals surface area contributed by atoms with Crippen molar-refractivity contribution >= 4 is 21.8 Å². The predicted octanol–water partition coefficient (Wildman–Crippen LogP) is 3.74. The van der Waals surface area contributed by atoms with E-state index < -0.39 is 5.54 Å². The van der Waals surface area contributed by atoms with E-state index in [0.29, 0.717) is 10.9 Å². The van der Waals surface area contributed by atoms with E-state index in [1.807, 2.05) is 37.3 Å². The molecule has 0 radical (unpaired) electrons. The highest BCUT2D eigenvalue weighted by Crippen LogP contribution is 2.23. The fraction of sp³-hybridized carbons (Fsp3) is 0.235. The van der Waals surface area contributed by atoms with Crippen molar-refractivity contribution in [1.82, 2.24) is 5.32 Å². The van der Waals surface area contributed by atoms with Gasteiger partial charge in [-0.25, -0.2) is 0 Å². The zero-order valence-corrected chi connectivity index (χ0v) is 13.7. The molecule has 0 aliphatic carbocycles. The van der Waals surface area contributed by atoms with Gasteiger partial charge in [0.25, 0.3) is 5.91 Å². The Balaban J connectivity index is 2.19. The number of hydrogen-bond donors (Lipinski definition) is 1. The van der Waals surface area contributed by atoms with Crippen LogP contribution in [0.5, 0.6) is 5.75 Å². The third kappa shape index (κ3) is 3.64. The Morgan fingerprint density at radius 2 is 1.76 bits per heavy atom. The van der Waals surface area contributed by atoms with Crippen molar-refractivity contribution < 1.29 is 9.53 Å². The maximum Gasteiger partial charge on any atom is 0.251 e. The van der Waals surface area contributed by atoms with Gasteiger partial charge in [-0.05, 0) is 36.8 Å². The van der Waals surface area contributed by atoms with Gasteiger partial charge in [-0.1, -0.05) is 46.3 Å². The Bertz CT molecular complexity index is 598. The van der Waals surface area contributed by atoms with Crippen LogP contribution >= 0.6 is 15.9 Å². The minimum atomic E-state index is -0.460. The highest BCUT2D eigenvalue weighted by molar-refractivity contribution is 9.09. The summed E-state index contributed by atoms with van der Waals surface area (Å²) in [6.07, 6.45) is 0. The van der Waals surface area contributed by atoms with Gasteiger partial charge in [0.15, 0.2) is 0 Å². The number of methoxy groups -OCH3 is 1. The minimum absolute atomic E-state index is 0.108. The summed E-state index contributed by atoms with van der Waals surface area (Å²) in [5.74, 6) is 0.626. The van der Waals surface area contributed by atoms with E-state index in [-0.39, 0.29) is 5.91 Å². The van der Waals surface area contributed by atoms with Gasteiger partial charge < -0.3 is 10.1 Å². The Hall–Kier alpha value is -1.81. The topological polar surface area (TPSA) is 38.3 Å². The Labute approximate surface area is 133 Å². The zero-order chi connectivity index (χ0) is 15.3. The van der Waals surface area contributed by atoms with Gasteiger partial charge in [0, 0.05) is 10.9 Å². The third-order valence-corrected chi connectivity index (χ3v) is 4.54. The normalized spacial score (nSPS) is 13.3. The molecular formula is C17H18BrNO2. The van der Waals surface area contributed by atoms with Crippen molar-refractivity contribution in [2.75, 3.05) is 12.4 Å². The molecule has 3 nitrogen and oxygen atoms in total. The van der Waals surface area contributed by atoms with Crippen LogP contribution in [0.15, 0.2) is 54.6 Å². The van der Waals surface area contributed by atoms with E-state index in [0.717, 1.165) is 11.3 Å². The van der Waals surface area contributed by atoms with Crippen molar-refractivity contribution in [3.8, 4) is 5.75 Å². The van der Waals surface area contributed by atoms with Crippen LogP contribution in [-0.2, 0) is 5.54 Å². The molecule has 1 unspecified atom stereocenters. The van der Waals surface area contributed by atoms with E-state index in [9.17, 15) is 4.79 Å². The number of hydrogen-bond acceptors (Lipinski definition) is 2. The lowest BCUT2D eigenvalue weighted by molar-refractivity contribution is 0.0914. The maximum atomic E-state index is 12.4. The predicted molar refractivity (Wildman–Crippen MR) is 88.0 cm³/mol. The second-order valence-corrected chi connectivity index (χ2v) is 5.58. The molecule has 2 aromatic carbocycles. The Morgan fingerprint density at radius 3 is 2.29 bits per heavy atom. The van der Waals surface area contributed by atoms with E-state index in [2.05, 4.69) is 21.2 Å². The summed E-state index contributed by atoms with van der Waals surface area (Å²) >= 11 is 3.50. The number of rotatable bonds is 5. The molecule has 0 bridgehead atoms. The first-order valence-corrected chi connectivity index (χ1v) is 7.79. The molecule has 1 atom stereocenters. The fourth-order valence-corrected chi connectivity index (χ4v) is 2.52. The number of ether oxygens (including phenoxy) is 1. The van der Waals surface area contributed by atoms with Crippen molar-refractivity contribution in [2.45, 2.75) is 12.5 Å². The first-order valence-electron chi connectivity index (χ1n) is 6.67. The van der Waals surface area contributed by atoms with Crippen LogP contribution < -0.4 is 10.1 Å². The van der Waals surface area contributed by atoms with Gasteiger partial charge in [-0.2, -0.15) is 0 Å². The standard InChI is InChI=1S/C17H18BrNO2/c1-17(12-18,14-6-4-3-5-7-14)19-16(20)13-8-10-15(21-2)11-9-13/h3-11H,12H2,1-2H3,(H,19,20). The largest absolute Gasteiger partial charge is 0.497 e. The SMILES string of the molecule is COc1ccc(C(=O)NC(C)(CBr)c2ccccc2)cc1. The molecule has 0 heterocycles. The van der Waals surface area contributed by atoms with Gasteiger partial charge >= 0.3 is 0 Å². The van der Waals surface area contributed by atoms with Crippen LogP contribution in [0.1, 0.15) is 22.8 Å². The molecule has 0 spiro atoms. The number of amides is 1. The number of carbonyl (C=O) groups excluding carboxylic acids is 1. The molecule has 21 heavy (non-hydrogen) atoms. The van der Waals surface area contributed by atoms with Crippen LogP contribution in [-0.4, -0.2) is 18.3 Å². The van der Waals surface area contributed by atoms with E-state index in [1.165, 1.54) is 0 Å². The van der Waals surface area contributed by atoms with Gasteiger partial charge in [0.2, 0.25) is 0 Å². The molecule has 0 aliphatic heterocycles. The molecule has 0 aromatic heterocycles. The van der Waals surface area contributed by atoms with Gasteiger partial charge in [0.1, 0.15) is 5.75 Å². The third-order valence-electron chi connectivity index (χ3n) is 3.42. The lowest BCUT2D eigenvalue weighted by Crippen LogP contribution is -2.44. The van der Waals surface area contributed by atoms with Crippen LogP contribution in [0.25, 0.3) is 0 Å². The summed E-state index contributed by atoms with van der Waals surface area (Å²) in [5, 5.41) is 3.72. The van der Waals surface area contributed by atoms with Gasteiger partial charge in [0.05, 0.1) is 12.6 Å². The minimum Gasteiger partial charge on any atom is -0.497 e. The summed E-state index contributed by atoms with van der Waals surface area (Å²) in [5.41, 5.74) is 1.21. The number of nitrogens with one attached hydrogen (secondary N) is 1. The second-order valence-electron chi connectivity index (χ2n) is 5.01. The summed E-state index contributed by atoms with van der Waals surface area (Å²) < 4.78 is 5.10. The maximum absolute atomic E-state index is 12.4. The number of alkyl halides is 1. The summed E-state index contributed by atoms with van der Waals surface area (Å²) in [6, 6.07) is 17.0. The molecule has 1 N–H and O–H groups in total. The summed E-state index contributed by atoms with van der Waals surface area (Å²) in [6.45, 7) is 2.00. The van der Waals surface area contributed by atoms with Crippen LogP contribution in [0.4, 0.5) is 0 Å². The van der Waals surface area contributed by atoms with Gasteiger partial charge in [-0.15, -0.1) is 0 Å². The average Bonchev–Trinajstić information content (AvgIpc) is 2.55. The molecular weight excluding hydrogens is 330 g/mol. The highest BCUT2D eigenvalue weighted by Gasteiger charge is 2.27.